The lowest BCUT2D eigenvalue weighted by atomic mass is 10.1. The molecule has 0 atom stereocenters. The first-order chi connectivity index (χ1) is 17.3. The summed E-state index contributed by atoms with van der Waals surface area (Å²) in [6.07, 6.45) is 0. The number of hydrogen-bond donors (Lipinski definition) is 1. The van der Waals surface area contributed by atoms with E-state index in [1.54, 1.807) is 12.1 Å². The van der Waals surface area contributed by atoms with E-state index < -0.39 is 0 Å². The number of nitrogens with one attached hydrogen (secondary N) is 1. The molecule has 1 heterocycles. The smallest absolute Gasteiger partial charge is 0.255 e. The zero-order valence-electron chi connectivity index (χ0n) is 21.7. The molecule has 1 aromatic heterocycles. The molecule has 1 amide bonds. The largest absolute Gasteiger partial charge is 0.490 e. The van der Waals surface area contributed by atoms with Crippen LogP contribution >= 0.6 is 0 Å². The summed E-state index contributed by atoms with van der Waals surface area (Å²) in [7, 11) is 0. The Hall–Kier alpha value is -4.00. The fourth-order valence-corrected chi connectivity index (χ4v) is 4.10. The molecule has 0 saturated heterocycles. The minimum Gasteiger partial charge on any atom is -0.490 e. The first kappa shape index (κ1) is 25.1. The fraction of sp³-hybridized carbons (Fsp3) is 0.310. The molecule has 0 fully saturated rings. The van der Waals surface area contributed by atoms with Gasteiger partial charge >= 0.3 is 0 Å². The van der Waals surface area contributed by atoms with Gasteiger partial charge < -0.3 is 23.9 Å². The predicted molar refractivity (Wildman–Crippen MR) is 142 cm³/mol. The Morgan fingerprint density at radius 2 is 1.53 bits per heavy atom. The van der Waals surface area contributed by atoms with Crippen LogP contribution in [0.15, 0.2) is 46.9 Å². The van der Waals surface area contributed by atoms with Crippen molar-refractivity contribution >= 4 is 22.7 Å². The number of benzene rings is 3. The first-order valence-corrected chi connectivity index (χ1v) is 12.2. The minimum atomic E-state index is -0.288. The molecule has 0 unspecified atom stereocenters. The first-order valence-electron chi connectivity index (χ1n) is 12.2. The van der Waals surface area contributed by atoms with Crippen molar-refractivity contribution in [2.45, 2.75) is 41.5 Å². The molecule has 1 N–H and O–H groups in total. The number of hydrogen-bond acceptors (Lipinski definition) is 6. The quantitative estimate of drug-likeness (QED) is 0.277. The van der Waals surface area contributed by atoms with Crippen LogP contribution < -0.4 is 19.5 Å². The molecule has 4 rings (SSSR count). The molecule has 3 aromatic carbocycles. The third-order valence-electron chi connectivity index (χ3n) is 5.72. The molecule has 4 aromatic rings. The predicted octanol–water partition coefficient (Wildman–Crippen LogP) is 6.87. The Balaban J connectivity index is 1.68. The lowest BCUT2D eigenvalue weighted by Gasteiger charge is -2.17. The summed E-state index contributed by atoms with van der Waals surface area (Å²) in [5, 5.41) is 3.02. The van der Waals surface area contributed by atoms with Crippen molar-refractivity contribution < 1.29 is 23.4 Å². The summed E-state index contributed by atoms with van der Waals surface area (Å²) in [4.78, 5) is 18.0. The summed E-state index contributed by atoms with van der Waals surface area (Å²) in [6, 6.07) is 13.2. The number of aryl methyl sites for hydroxylation is 3. The molecule has 0 spiro atoms. The molecule has 0 radical (unpaired) electrons. The van der Waals surface area contributed by atoms with Gasteiger partial charge in [-0.1, -0.05) is 12.1 Å². The highest BCUT2D eigenvalue weighted by Crippen LogP contribution is 2.39. The maximum absolute atomic E-state index is 13.3. The van der Waals surface area contributed by atoms with E-state index in [9.17, 15) is 4.79 Å². The van der Waals surface area contributed by atoms with Gasteiger partial charge in [-0.25, -0.2) is 4.98 Å². The Bertz CT molecular complexity index is 1380. The van der Waals surface area contributed by atoms with Gasteiger partial charge in [-0.2, -0.15) is 0 Å². The van der Waals surface area contributed by atoms with Gasteiger partial charge in [0.2, 0.25) is 11.6 Å². The van der Waals surface area contributed by atoms with E-state index in [0.717, 1.165) is 33.4 Å². The van der Waals surface area contributed by atoms with Gasteiger partial charge in [0.05, 0.1) is 19.8 Å². The summed E-state index contributed by atoms with van der Waals surface area (Å²) >= 11 is 0. The number of carbonyl (C=O) groups is 1. The fourth-order valence-electron chi connectivity index (χ4n) is 4.10. The molecule has 0 aliphatic rings. The average molecular weight is 489 g/mol. The molecule has 0 bridgehead atoms. The van der Waals surface area contributed by atoms with E-state index in [2.05, 4.69) is 16.4 Å². The molecule has 7 nitrogen and oxygen atoms in total. The van der Waals surface area contributed by atoms with Crippen LogP contribution in [0.25, 0.3) is 22.6 Å². The SMILES string of the molecule is CCOc1cc(C(=O)Nc2cc(-c3nc4cc(C)cc(C)c4o3)ccc2C)cc(OCC)c1OCC. The van der Waals surface area contributed by atoms with Crippen LogP contribution in [-0.2, 0) is 0 Å². The number of nitrogens with zero attached hydrogens (tertiary/aromatic N) is 1. The van der Waals surface area contributed by atoms with Gasteiger partial charge in [0.25, 0.3) is 5.91 Å². The second-order valence-corrected chi connectivity index (χ2v) is 8.53. The van der Waals surface area contributed by atoms with Gasteiger partial charge in [-0.05, 0) is 88.6 Å². The lowest BCUT2D eigenvalue weighted by molar-refractivity contribution is 0.102. The van der Waals surface area contributed by atoms with Crippen LogP contribution in [0.2, 0.25) is 0 Å². The maximum atomic E-state index is 13.3. The third-order valence-corrected chi connectivity index (χ3v) is 5.72. The van der Waals surface area contributed by atoms with Crippen LogP contribution in [0.3, 0.4) is 0 Å². The van der Waals surface area contributed by atoms with Crippen LogP contribution in [0.4, 0.5) is 5.69 Å². The van der Waals surface area contributed by atoms with Crippen molar-refractivity contribution in [1.29, 1.82) is 0 Å². The van der Waals surface area contributed by atoms with Crippen LogP contribution in [-0.4, -0.2) is 30.7 Å². The highest BCUT2D eigenvalue weighted by molar-refractivity contribution is 6.05. The maximum Gasteiger partial charge on any atom is 0.255 e. The molecular weight excluding hydrogens is 456 g/mol. The Morgan fingerprint density at radius 1 is 0.861 bits per heavy atom. The highest BCUT2D eigenvalue weighted by Gasteiger charge is 2.19. The number of carbonyl (C=O) groups excluding carboxylic acids is 1. The summed E-state index contributed by atoms with van der Waals surface area (Å²) < 4.78 is 23.3. The number of ether oxygens (including phenoxy) is 3. The normalized spacial score (nSPS) is 10.9. The summed E-state index contributed by atoms with van der Waals surface area (Å²) in [6.45, 7) is 13.0. The van der Waals surface area contributed by atoms with Crippen LogP contribution in [0, 0.1) is 20.8 Å². The summed E-state index contributed by atoms with van der Waals surface area (Å²) in [5.41, 5.74) is 6.51. The van der Waals surface area contributed by atoms with E-state index in [4.69, 9.17) is 18.6 Å². The second kappa shape index (κ2) is 10.7. The topological polar surface area (TPSA) is 82.8 Å². The van der Waals surface area contributed by atoms with Crippen LogP contribution in [0.1, 0.15) is 47.8 Å². The van der Waals surface area contributed by atoms with E-state index in [0.29, 0.717) is 54.2 Å². The Kier molecular flexibility index (Phi) is 7.48. The Labute approximate surface area is 211 Å². The highest BCUT2D eigenvalue weighted by atomic mass is 16.5. The van der Waals surface area contributed by atoms with Crippen molar-refractivity contribution in [1.82, 2.24) is 4.98 Å². The van der Waals surface area contributed by atoms with Gasteiger partial charge in [0, 0.05) is 16.8 Å². The minimum absolute atomic E-state index is 0.288. The van der Waals surface area contributed by atoms with Gasteiger partial charge in [0.1, 0.15) is 5.52 Å². The van der Waals surface area contributed by atoms with Crippen molar-refractivity contribution in [3.63, 3.8) is 0 Å². The average Bonchev–Trinajstić information content (AvgIpc) is 3.27. The third kappa shape index (κ3) is 5.15. The van der Waals surface area contributed by atoms with Crippen LogP contribution in [0.5, 0.6) is 17.2 Å². The zero-order valence-corrected chi connectivity index (χ0v) is 21.7. The van der Waals surface area contributed by atoms with E-state index >= 15 is 0 Å². The number of amides is 1. The molecule has 0 saturated carbocycles. The Morgan fingerprint density at radius 3 is 2.17 bits per heavy atom. The molecule has 7 heteroatoms. The van der Waals surface area contributed by atoms with E-state index in [1.165, 1.54) is 0 Å². The second-order valence-electron chi connectivity index (χ2n) is 8.53. The van der Waals surface area contributed by atoms with Crippen molar-refractivity contribution in [3.05, 3.63) is 64.7 Å². The van der Waals surface area contributed by atoms with E-state index in [1.807, 2.05) is 65.8 Å². The van der Waals surface area contributed by atoms with Gasteiger partial charge in [-0.3, -0.25) is 4.79 Å². The molecule has 0 aliphatic carbocycles. The molecule has 188 valence electrons. The van der Waals surface area contributed by atoms with E-state index in [-0.39, 0.29) is 5.91 Å². The molecule has 0 aliphatic heterocycles. The summed E-state index contributed by atoms with van der Waals surface area (Å²) in [5.74, 6) is 1.66. The monoisotopic (exact) mass is 488 g/mol. The number of aromatic nitrogens is 1. The molecule has 36 heavy (non-hydrogen) atoms. The number of fused-ring (bicyclic) bond motifs is 1. The van der Waals surface area contributed by atoms with Crippen molar-refractivity contribution in [3.8, 4) is 28.7 Å². The van der Waals surface area contributed by atoms with Gasteiger partial charge in [0.15, 0.2) is 17.1 Å². The standard InChI is InChI=1S/C29H32N2O5/c1-7-33-24-15-21(16-25(34-8-2)27(24)35-9-3)28(32)30-22-14-20(11-10-18(22)5)29-31-23-13-17(4)12-19(6)26(23)36-29/h10-16H,7-9H2,1-6H3,(H,30,32). The number of oxazole rings is 1. The van der Waals surface area contributed by atoms with Crippen molar-refractivity contribution in [2.75, 3.05) is 25.1 Å². The zero-order chi connectivity index (χ0) is 25.8. The lowest BCUT2D eigenvalue weighted by Crippen LogP contribution is -2.14. The van der Waals surface area contributed by atoms with Crippen molar-refractivity contribution in [2.24, 2.45) is 0 Å². The number of rotatable bonds is 9. The van der Waals surface area contributed by atoms with Gasteiger partial charge in [-0.15, -0.1) is 0 Å². The molecular formula is C29H32N2O5. The number of anilines is 1.